The molecule has 1 unspecified atom stereocenters. The van der Waals surface area contributed by atoms with Crippen LogP contribution < -0.4 is 5.73 Å². The highest BCUT2D eigenvalue weighted by atomic mass is 15.1. The monoisotopic (exact) mass is 200 g/mol. The van der Waals surface area contributed by atoms with Crippen molar-refractivity contribution in [2.24, 2.45) is 11.7 Å². The first-order chi connectivity index (χ1) is 6.57. The van der Waals surface area contributed by atoms with Crippen LogP contribution in [0.5, 0.6) is 0 Å². The van der Waals surface area contributed by atoms with Gasteiger partial charge in [0.1, 0.15) is 0 Å². The molecule has 2 nitrogen and oxygen atoms in total. The van der Waals surface area contributed by atoms with Gasteiger partial charge in [-0.1, -0.05) is 33.6 Å². The van der Waals surface area contributed by atoms with Crippen LogP contribution in [0.15, 0.2) is 0 Å². The van der Waals surface area contributed by atoms with Gasteiger partial charge in [0, 0.05) is 6.04 Å². The zero-order valence-electron chi connectivity index (χ0n) is 10.4. The molecule has 0 saturated heterocycles. The van der Waals surface area contributed by atoms with Crippen LogP contribution in [0.25, 0.3) is 0 Å². The van der Waals surface area contributed by atoms with Gasteiger partial charge in [-0.3, -0.25) is 0 Å². The van der Waals surface area contributed by atoms with Crippen molar-refractivity contribution in [3.8, 4) is 0 Å². The fourth-order valence-electron chi connectivity index (χ4n) is 1.45. The molecule has 0 amide bonds. The van der Waals surface area contributed by atoms with E-state index < -0.39 is 0 Å². The maximum Gasteiger partial charge on any atom is 0.00740 e. The maximum atomic E-state index is 5.99. The van der Waals surface area contributed by atoms with Gasteiger partial charge in [-0.05, 0) is 38.9 Å². The summed E-state index contributed by atoms with van der Waals surface area (Å²) in [6.45, 7) is 9.00. The third-order valence-corrected chi connectivity index (χ3v) is 2.84. The second-order valence-corrected chi connectivity index (χ2v) is 4.71. The molecule has 0 radical (unpaired) electrons. The summed E-state index contributed by atoms with van der Waals surface area (Å²) < 4.78 is 0. The van der Waals surface area contributed by atoms with E-state index in [1.165, 1.54) is 25.8 Å². The second-order valence-electron chi connectivity index (χ2n) is 4.71. The van der Waals surface area contributed by atoms with Gasteiger partial charge in [0.15, 0.2) is 0 Å². The molecule has 0 aliphatic carbocycles. The van der Waals surface area contributed by atoms with Crippen molar-refractivity contribution < 1.29 is 0 Å². The molecule has 0 aromatic carbocycles. The molecule has 86 valence electrons. The van der Waals surface area contributed by atoms with Crippen molar-refractivity contribution in [3.05, 3.63) is 0 Å². The minimum Gasteiger partial charge on any atom is -0.327 e. The summed E-state index contributed by atoms with van der Waals surface area (Å²) in [6, 6.07) is 0.364. The molecule has 0 bridgehead atoms. The maximum absolute atomic E-state index is 5.99. The van der Waals surface area contributed by atoms with E-state index in [2.05, 4.69) is 32.7 Å². The average Bonchev–Trinajstić information content (AvgIpc) is 2.14. The van der Waals surface area contributed by atoms with E-state index in [0.29, 0.717) is 12.0 Å². The first-order valence-corrected chi connectivity index (χ1v) is 6.02. The molecule has 2 N–H and O–H groups in total. The molecule has 2 heteroatoms. The summed E-state index contributed by atoms with van der Waals surface area (Å²) in [5, 5.41) is 0. The van der Waals surface area contributed by atoms with Crippen LogP contribution in [0, 0.1) is 5.92 Å². The molecular weight excluding hydrogens is 172 g/mol. The molecule has 0 aromatic heterocycles. The summed E-state index contributed by atoms with van der Waals surface area (Å²) in [6.07, 6.45) is 5.10. The minimum atomic E-state index is 0.364. The lowest BCUT2D eigenvalue weighted by atomic mass is 10.0. The molecule has 14 heavy (non-hydrogen) atoms. The number of unbranched alkanes of at least 4 members (excludes halogenated alkanes) is 2. The van der Waals surface area contributed by atoms with Gasteiger partial charge in [-0.15, -0.1) is 0 Å². The second kappa shape index (κ2) is 8.25. The van der Waals surface area contributed by atoms with Crippen LogP contribution in [0.2, 0.25) is 0 Å². The highest BCUT2D eigenvalue weighted by molar-refractivity contribution is 4.67. The number of nitrogens with two attached hydrogens (primary N) is 1. The number of hydrogen-bond acceptors (Lipinski definition) is 2. The van der Waals surface area contributed by atoms with E-state index in [-0.39, 0.29) is 0 Å². The highest BCUT2D eigenvalue weighted by Gasteiger charge is 2.08. The Labute approximate surface area is 89.9 Å². The molecule has 0 aromatic rings. The van der Waals surface area contributed by atoms with Crippen LogP contribution in [0.4, 0.5) is 0 Å². The number of hydrogen-bond donors (Lipinski definition) is 1. The Morgan fingerprint density at radius 3 is 2.29 bits per heavy atom. The zero-order chi connectivity index (χ0) is 11.0. The van der Waals surface area contributed by atoms with Crippen LogP contribution in [0.3, 0.4) is 0 Å². The molecule has 0 saturated carbocycles. The van der Waals surface area contributed by atoms with Crippen molar-refractivity contribution >= 4 is 0 Å². The Bertz CT molecular complexity index is 123. The zero-order valence-corrected chi connectivity index (χ0v) is 10.4. The predicted molar refractivity (Wildman–Crippen MR) is 64.5 cm³/mol. The Hall–Kier alpha value is -0.0800. The molecule has 0 aliphatic heterocycles. The predicted octanol–water partition coefficient (Wildman–Crippen LogP) is 2.48. The average molecular weight is 200 g/mol. The Morgan fingerprint density at radius 1 is 1.14 bits per heavy atom. The summed E-state index contributed by atoms with van der Waals surface area (Å²) in [5.41, 5.74) is 5.99. The Morgan fingerprint density at radius 2 is 1.79 bits per heavy atom. The number of rotatable bonds is 8. The van der Waals surface area contributed by atoms with Crippen LogP contribution in [0.1, 0.15) is 46.5 Å². The number of nitrogens with zero attached hydrogens (tertiary/aromatic N) is 1. The largest absolute Gasteiger partial charge is 0.327 e. The van der Waals surface area contributed by atoms with E-state index in [1.54, 1.807) is 0 Å². The Balaban J connectivity index is 3.38. The van der Waals surface area contributed by atoms with E-state index in [4.69, 9.17) is 5.73 Å². The lowest BCUT2D eigenvalue weighted by Crippen LogP contribution is -2.32. The van der Waals surface area contributed by atoms with Crippen molar-refractivity contribution in [2.75, 3.05) is 20.1 Å². The van der Waals surface area contributed by atoms with E-state index in [1.807, 2.05) is 0 Å². The summed E-state index contributed by atoms with van der Waals surface area (Å²) >= 11 is 0. The topological polar surface area (TPSA) is 29.3 Å². The Kier molecular flexibility index (Phi) is 8.20. The smallest absolute Gasteiger partial charge is 0.00740 e. The standard InChI is InChI=1S/C12H28N2/c1-5-6-7-9-14(4)10-8-12(13)11(2)3/h11-12H,5-10,13H2,1-4H3. The molecule has 0 aliphatic rings. The van der Waals surface area contributed by atoms with Crippen molar-refractivity contribution in [1.82, 2.24) is 4.90 Å². The van der Waals surface area contributed by atoms with Crippen LogP contribution in [-0.4, -0.2) is 31.1 Å². The van der Waals surface area contributed by atoms with Gasteiger partial charge < -0.3 is 10.6 Å². The van der Waals surface area contributed by atoms with Crippen molar-refractivity contribution in [1.29, 1.82) is 0 Å². The van der Waals surface area contributed by atoms with Gasteiger partial charge in [-0.2, -0.15) is 0 Å². The lowest BCUT2D eigenvalue weighted by Gasteiger charge is -2.21. The third kappa shape index (κ3) is 7.34. The van der Waals surface area contributed by atoms with Gasteiger partial charge in [0.05, 0.1) is 0 Å². The fourth-order valence-corrected chi connectivity index (χ4v) is 1.45. The van der Waals surface area contributed by atoms with Gasteiger partial charge in [0.2, 0.25) is 0 Å². The molecule has 0 heterocycles. The van der Waals surface area contributed by atoms with E-state index in [9.17, 15) is 0 Å². The molecule has 0 rings (SSSR count). The summed E-state index contributed by atoms with van der Waals surface area (Å²) in [7, 11) is 2.20. The van der Waals surface area contributed by atoms with E-state index in [0.717, 1.165) is 13.0 Å². The van der Waals surface area contributed by atoms with Gasteiger partial charge >= 0.3 is 0 Å². The first-order valence-electron chi connectivity index (χ1n) is 6.02. The first kappa shape index (κ1) is 13.9. The molecular formula is C12H28N2. The normalized spacial score (nSPS) is 13.9. The third-order valence-electron chi connectivity index (χ3n) is 2.84. The fraction of sp³-hybridized carbons (Fsp3) is 1.00. The lowest BCUT2D eigenvalue weighted by molar-refractivity contribution is 0.297. The summed E-state index contributed by atoms with van der Waals surface area (Å²) in [5.74, 6) is 0.610. The van der Waals surface area contributed by atoms with Crippen LogP contribution in [-0.2, 0) is 0 Å². The van der Waals surface area contributed by atoms with Gasteiger partial charge in [0.25, 0.3) is 0 Å². The quantitative estimate of drug-likeness (QED) is 0.610. The minimum absolute atomic E-state index is 0.364. The molecule has 0 spiro atoms. The van der Waals surface area contributed by atoms with E-state index >= 15 is 0 Å². The molecule has 0 fully saturated rings. The van der Waals surface area contributed by atoms with Crippen molar-refractivity contribution in [2.45, 2.75) is 52.5 Å². The van der Waals surface area contributed by atoms with Gasteiger partial charge in [-0.25, -0.2) is 0 Å². The highest BCUT2D eigenvalue weighted by Crippen LogP contribution is 2.04. The van der Waals surface area contributed by atoms with Crippen molar-refractivity contribution in [3.63, 3.8) is 0 Å². The molecule has 1 atom stereocenters. The summed E-state index contributed by atoms with van der Waals surface area (Å²) in [4.78, 5) is 2.40. The van der Waals surface area contributed by atoms with Crippen LogP contribution >= 0.6 is 0 Å². The SMILES string of the molecule is CCCCCN(C)CCC(N)C(C)C.